The number of nitrogens with one attached hydrogen (secondary N) is 1. The third kappa shape index (κ3) is 4.43. The number of benzene rings is 1. The molecule has 0 radical (unpaired) electrons. The molecule has 0 spiro atoms. The van der Waals surface area contributed by atoms with Crippen LogP contribution in [-0.4, -0.2) is 24.7 Å². The van der Waals surface area contributed by atoms with Crippen LogP contribution in [0.25, 0.3) is 0 Å². The van der Waals surface area contributed by atoms with Gasteiger partial charge in [0.25, 0.3) is 5.69 Å². The molecule has 5 nitrogen and oxygen atoms in total. The number of hydrogen-bond acceptors (Lipinski definition) is 4. The fraction of sp³-hybridized carbons (Fsp3) is 0.538. The van der Waals surface area contributed by atoms with Gasteiger partial charge in [-0.3, -0.25) is 10.1 Å². The van der Waals surface area contributed by atoms with Gasteiger partial charge in [0, 0.05) is 31.3 Å². The first-order chi connectivity index (χ1) is 8.66. The van der Waals surface area contributed by atoms with Gasteiger partial charge in [-0.2, -0.15) is 0 Å². The first-order valence-corrected chi connectivity index (χ1v) is 6.18. The van der Waals surface area contributed by atoms with Crippen LogP contribution in [0.1, 0.15) is 24.5 Å². The second-order valence-corrected chi connectivity index (χ2v) is 4.11. The average molecular weight is 252 g/mol. The second-order valence-electron chi connectivity index (χ2n) is 4.11. The molecular weight excluding hydrogens is 232 g/mol. The molecule has 0 amide bonds. The molecule has 1 rings (SSSR count). The van der Waals surface area contributed by atoms with Crippen molar-refractivity contribution >= 4 is 5.69 Å². The molecule has 1 aromatic rings. The van der Waals surface area contributed by atoms with Crippen molar-refractivity contribution in [2.75, 3.05) is 19.8 Å². The molecule has 5 heteroatoms. The van der Waals surface area contributed by atoms with Crippen molar-refractivity contribution < 1.29 is 9.66 Å². The Kier molecular flexibility index (Phi) is 6.32. The molecule has 0 saturated carbocycles. The van der Waals surface area contributed by atoms with Gasteiger partial charge in [-0.25, -0.2) is 0 Å². The quantitative estimate of drug-likeness (QED) is 0.438. The number of hydrogen-bond donors (Lipinski definition) is 1. The smallest absolute Gasteiger partial charge is 0.272 e. The Labute approximate surface area is 107 Å². The van der Waals surface area contributed by atoms with Gasteiger partial charge >= 0.3 is 0 Å². The maximum absolute atomic E-state index is 10.8. The largest absolute Gasteiger partial charge is 0.380 e. The zero-order valence-electron chi connectivity index (χ0n) is 10.9. The Morgan fingerprint density at radius 1 is 1.39 bits per heavy atom. The summed E-state index contributed by atoms with van der Waals surface area (Å²) in [5.41, 5.74) is 1.86. The van der Waals surface area contributed by atoms with Crippen LogP contribution < -0.4 is 5.32 Å². The van der Waals surface area contributed by atoms with Crippen molar-refractivity contribution in [2.24, 2.45) is 0 Å². The Morgan fingerprint density at radius 2 is 2.17 bits per heavy atom. The monoisotopic (exact) mass is 252 g/mol. The van der Waals surface area contributed by atoms with E-state index in [1.54, 1.807) is 13.0 Å². The van der Waals surface area contributed by atoms with E-state index in [1.165, 1.54) is 6.07 Å². The Morgan fingerprint density at radius 3 is 2.83 bits per heavy atom. The van der Waals surface area contributed by atoms with Crippen molar-refractivity contribution in [3.63, 3.8) is 0 Å². The van der Waals surface area contributed by atoms with Crippen molar-refractivity contribution in [3.05, 3.63) is 39.4 Å². The Balaban J connectivity index is 2.43. The fourth-order valence-electron chi connectivity index (χ4n) is 1.67. The number of rotatable bonds is 8. The predicted octanol–water partition coefficient (Wildman–Crippen LogP) is 2.42. The lowest BCUT2D eigenvalue weighted by atomic mass is 10.1. The standard InChI is InChI=1S/C13H20N2O3/c1-3-8-18-9-7-14-10-12-5-4-6-13(11(12)2)15(16)17/h4-6,14H,3,7-10H2,1-2H3. The van der Waals surface area contributed by atoms with Crippen LogP contribution in [-0.2, 0) is 11.3 Å². The van der Waals surface area contributed by atoms with Crippen molar-refractivity contribution in [1.29, 1.82) is 0 Å². The molecule has 1 N–H and O–H groups in total. The predicted molar refractivity (Wildman–Crippen MR) is 70.7 cm³/mol. The minimum atomic E-state index is -0.344. The van der Waals surface area contributed by atoms with Gasteiger partial charge in [0.15, 0.2) is 0 Å². The zero-order chi connectivity index (χ0) is 13.4. The molecule has 1 aromatic carbocycles. The lowest BCUT2D eigenvalue weighted by Gasteiger charge is -2.08. The van der Waals surface area contributed by atoms with Crippen LogP contribution >= 0.6 is 0 Å². The molecule has 0 saturated heterocycles. The van der Waals surface area contributed by atoms with E-state index in [1.807, 2.05) is 6.07 Å². The highest BCUT2D eigenvalue weighted by Gasteiger charge is 2.12. The summed E-state index contributed by atoms with van der Waals surface area (Å²) in [6.07, 6.45) is 1.02. The van der Waals surface area contributed by atoms with E-state index in [4.69, 9.17) is 4.74 Å². The lowest BCUT2D eigenvalue weighted by Crippen LogP contribution is -2.20. The number of ether oxygens (including phenoxy) is 1. The van der Waals surface area contributed by atoms with E-state index in [9.17, 15) is 10.1 Å². The maximum Gasteiger partial charge on any atom is 0.272 e. The van der Waals surface area contributed by atoms with Crippen LogP contribution in [0.3, 0.4) is 0 Å². The molecule has 0 bridgehead atoms. The van der Waals surface area contributed by atoms with E-state index in [0.717, 1.165) is 30.7 Å². The zero-order valence-corrected chi connectivity index (χ0v) is 10.9. The van der Waals surface area contributed by atoms with Crippen LogP contribution in [0.2, 0.25) is 0 Å². The van der Waals surface area contributed by atoms with Gasteiger partial charge in [0.05, 0.1) is 11.5 Å². The average Bonchev–Trinajstić information content (AvgIpc) is 2.35. The fourth-order valence-corrected chi connectivity index (χ4v) is 1.67. The molecule has 0 unspecified atom stereocenters. The van der Waals surface area contributed by atoms with Crippen LogP contribution in [0.15, 0.2) is 18.2 Å². The first kappa shape index (κ1) is 14.6. The molecule has 0 aromatic heterocycles. The van der Waals surface area contributed by atoms with E-state index >= 15 is 0 Å². The van der Waals surface area contributed by atoms with Crippen LogP contribution in [0.4, 0.5) is 5.69 Å². The highest BCUT2D eigenvalue weighted by molar-refractivity contribution is 5.44. The number of nitro groups is 1. The third-order valence-electron chi connectivity index (χ3n) is 2.70. The maximum atomic E-state index is 10.8. The molecular formula is C13H20N2O3. The Bertz CT molecular complexity index is 394. The highest BCUT2D eigenvalue weighted by Crippen LogP contribution is 2.20. The summed E-state index contributed by atoms with van der Waals surface area (Å²) >= 11 is 0. The minimum Gasteiger partial charge on any atom is -0.380 e. The van der Waals surface area contributed by atoms with Crippen molar-refractivity contribution in [1.82, 2.24) is 5.32 Å². The van der Waals surface area contributed by atoms with Gasteiger partial charge in [-0.1, -0.05) is 19.1 Å². The van der Waals surface area contributed by atoms with Crippen LogP contribution in [0.5, 0.6) is 0 Å². The van der Waals surface area contributed by atoms with Gasteiger partial charge in [-0.15, -0.1) is 0 Å². The highest BCUT2D eigenvalue weighted by atomic mass is 16.6. The molecule has 0 aliphatic carbocycles. The van der Waals surface area contributed by atoms with Crippen molar-refractivity contribution in [2.45, 2.75) is 26.8 Å². The SMILES string of the molecule is CCCOCCNCc1cccc([N+](=O)[O-])c1C. The minimum absolute atomic E-state index is 0.177. The first-order valence-electron chi connectivity index (χ1n) is 6.18. The second kappa shape index (κ2) is 7.79. The summed E-state index contributed by atoms with van der Waals surface area (Å²) in [5, 5.41) is 14.0. The van der Waals surface area contributed by atoms with Gasteiger partial charge < -0.3 is 10.1 Å². The molecule has 0 fully saturated rings. The van der Waals surface area contributed by atoms with Gasteiger partial charge in [0.1, 0.15) is 0 Å². The van der Waals surface area contributed by atoms with Crippen LogP contribution in [0, 0.1) is 17.0 Å². The lowest BCUT2D eigenvalue weighted by molar-refractivity contribution is -0.385. The molecule has 0 heterocycles. The molecule has 0 aliphatic heterocycles. The topological polar surface area (TPSA) is 64.4 Å². The summed E-state index contributed by atoms with van der Waals surface area (Å²) < 4.78 is 5.34. The molecule has 0 aliphatic rings. The van der Waals surface area contributed by atoms with Gasteiger partial charge in [0.2, 0.25) is 0 Å². The number of nitrogens with zero attached hydrogens (tertiary/aromatic N) is 1. The molecule has 0 atom stereocenters. The number of nitro benzene ring substituents is 1. The molecule has 100 valence electrons. The summed E-state index contributed by atoms with van der Waals surface area (Å²) in [4.78, 5) is 10.4. The van der Waals surface area contributed by atoms with Gasteiger partial charge in [-0.05, 0) is 18.9 Å². The third-order valence-corrected chi connectivity index (χ3v) is 2.70. The summed E-state index contributed by atoms with van der Waals surface area (Å²) in [5.74, 6) is 0. The van der Waals surface area contributed by atoms with E-state index in [-0.39, 0.29) is 10.6 Å². The summed E-state index contributed by atoms with van der Waals surface area (Å²) in [6, 6.07) is 5.15. The summed E-state index contributed by atoms with van der Waals surface area (Å²) in [6.45, 7) is 6.67. The Hall–Kier alpha value is -1.46. The van der Waals surface area contributed by atoms with Crippen molar-refractivity contribution in [3.8, 4) is 0 Å². The van der Waals surface area contributed by atoms with E-state index < -0.39 is 0 Å². The normalized spacial score (nSPS) is 10.6. The van der Waals surface area contributed by atoms with E-state index in [2.05, 4.69) is 12.2 Å². The summed E-state index contributed by atoms with van der Waals surface area (Å²) in [7, 11) is 0. The van der Waals surface area contributed by atoms with E-state index in [0.29, 0.717) is 13.2 Å². The molecule has 18 heavy (non-hydrogen) atoms.